The van der Waals surface area contributed by atoms with Crippen LogP contribution in [0, 0.1) is 5.92 Å². The Morgan fingerprint density at radius 2 is 2.33 bits per heavy atom. The monoisotopic (exact) mass is 209 g/mol. The van der Waals surface area contributed by atoms with Crippen molar-refractivity contribution in [3.63, 3.8) is 0 Å². The summed E-state index contributed by atoms with van der Waals surface area (Å²) in [7, 11) is 0. The van der Waals surface area contributed by atoms with Crippen molar-refractivity contribution in [2.45, 2.75) is 45.1 Å². The second-order valence-electron chi connectivity index (χ2n) is 5.58. The molecule has 1 unspecified atom stereocenters. The minimum absolute atomic E-state index is 0.128. The maximum absolute atomic E-state index is 9.55. The zero-order valence-corrected chi connectivity index (χ0v) is 10.00. The van der Waals surface area contributed by atoms with E-state index in [0.717, 1.165) is 18.9 Å². The normalized spacial score (nSPS) is 34.3. The SMILES string of the molecule is CC(C)CC=C1CN2CCCC2(CO)C1. The zero-order valence-electron chi connectivity index (χ0n) is 10.00. The van der Waals surface area contributed by atoms with Gasteiger partial charge in [-0.2, -0.15) is 0 Å². The van der Waals surface area contributed by atoms with Crippen LogP contribution in [-0.4, -0.2) is 35.2 Å². The molecule has 2 rings (SSSR count). The van der Waals surface area contributed by atoms with Gasteiger partial charge in [0, 0.05) is 12.1 Å². The van der Waals surface area contributed by atoms with Crippen LogP contribution in [0.25, 0.3) is 0 Å². The summed E-state index contributed by atoms with van der Waals surface area (Å²) >= 11 is 0. The van der Waals surface area contributed by atoms with Crippen molar-refractivity contribution in [3.05, 3.63) is 11.6 Å². The second kappa shape index (κ2) is 4.26. The van der Waals surface area contributed by atoms with Crippen LogP contribution in [0.5, 0.6) is 0 Å². The molecule has 0 bridgehead atoms. The van der Waals surface area contributed by atoms with Crippen molar-refractivity contribution >= 4 is 0 Å². The Morgan fingerprint density at radius 3 is 2.93 bits per heavy atom. The Morgan fingerprint density at radius 1 is 1.53 bits per heavy atom. The van der Waals surface area contributed by atoms with Crippen LogP contribution in [0.1, 0.15) is 39.5 Å². The fourth-order valence-corrected chi connectivity index (χ4v) is 2.94. The van der Waals surface area contributed by atoms with Gasteiger partial charge < -0.3 is 5.11 Å². The Kier molecular flexibility index (Phi) is 3.17. The van der Waals surface area contributed by atoms with Crippen molar-refractivity contribution in [2.75, 3.05) is 19.7 Å². The highest BCUT2D eigenvalue weighted by molar-refractivity contribution is 5.20. The molecule has 2 fully saturated rings. The molecule has 2 nitrogen and oxygen atoms in total. The van der Waals surface area contributed by atoms with E-state index in [1.54, 1.807) is 5.57 Å². The molecule has 0 radical (unpaired) electrons. The first-order chi connectivity index (χ1) is 7.16. The molecule has 0 saturated carbocycles. The van der Waals surface area contributed by atoms with E-state index in [1.165, 1.54) is 25.8 Å². The third kappa shape index (κ3) is 2.11. The van der Waals surface area contributed by atoms with E-state index in [1.807, 2.05) is 0 Å². The molecule has 0 spiro atoms. The van der Waals surface area contributed by atoms with Crippen molar-refractivity contribution in [1.29, 1.82) is 0 Å². The van der Waals surface area contributed by atoms with Crippen molar-refractivity contribution in [2.24, 2.45) is 5.92 Å². The molecule has 15 heavy (non-hydrogen) atoms. The van der Waals surface area contributed by atoms with Crippen molar-refractivity contribution < 1.29 is 5.11 Å². The van der Waals surface area contributed by atoms with Gasteiger partial charge in [-0.05, 0) is 38.1 Å². The molecule has 2 aliphatic rings. The van der Waals surface area contributed by atoms with Gasteiger partial charge in [-0.25, -0.2) is 0 Å². The third-order valence-corrected chi connectivity index (χ3v) is 3.86. The van der Waals surface area contributed by atoms with E-state index >= 15 is 0 Å². The summed E-state index contributed by atoms with van der Waals surface area (Å²) < 4.78 is 0. The van der Waals surface area contributed by atoms with Gasteiger partial charge in [0.05, 0.1) is 6.61 Å². The highest BCUT2D eigenvalue weighted by atomic mass is 16.3. The van der Waals surface area contributed by atoms with Gasteiger partial charge in [0.2, 0.25) is 0 Å². The van der Waals surface area contributed by atoms with Gasteiger partial charge in [-0.3, -0.25) is 4.90 Å². The largest absolute Gasteiger partial charge is 0.394 e. The summed E-state index contributed by atoms with van der Waals surface area (Å²) in [6.07, 6.45) is 7.14. The van der Waals surface area contributed by atoms with E-state index in [0.29, 0.717) is 6.61 Å². The summed E-state index contributed by atoms with van der Waals surface area (Å²) in [5.74, 6) is 0.748. The topological polar surface area (TPSA) is 23.5 Å². The lowest BCUT2D eigenvalue weighted by atomic mass is 9.93. The molecule has 2 aliphatic heterocycles. The van der Waals surface area contributed by atoms with Crippen LogP contribution in [0.2, 0.25) is 0 Å². The number of hydrogen-bond donors (Lipinski definition) is 1. The predicted octanol–water partition coefficient (Wildman–Crippen LogP) is 2.19. The van der Waals surface area contributed by atoms with Gasteiger partial charge in [-0.15, -0.1) is 0 Å². The highest BCUT2D eigenvalue weighted by Crippen LogP contribution is 2.40. The predicted molar refractivity (Wildman–Crippen MR) is 62.8 cm³/mol. The lowest BCUT2D eigenvalue weighted by molar-refractivity contribution is 0.1000. The molecule has 1 atom stereocenters. The molecule has 86 valence electrons. The van der Waals surface area contributed by atoms with Crippen molar-refractivity contribution in [1.82, 2.24) is 4.90 Å². The lowest BCUT2D eigenvalue weighted by Gasteiger charge is -2.28. The Hall–Kier alpha value is -0.340. The molecule has 1 N–H and O–H groups in total. The molecule has 2 heteroatoms. The van der Waals surface area contributed by atoms with Gasteiger partial charge in [0.15, 0.2) is 0 Å². The number of rotatable bonds is 3. The summed E-state index contributed by atoms with van der Waals surface area (Å²) in [5, 5.41) is 9.55. The molecule has 2 heterocycles. The van der Waals surface area contributed by atoms with Crippen LogP contribution >= 0.6 is 0 Å². The van der Waals surface area contributed by atoms with Gasteiger partial charge >= 0.3 is 0 Å². The van der Waals surface area contributed by atoms with Crippen LogP contribution in [0.4, 0.5) is 0 Å². The van der Waals surface area contributed by atoms with Gasteiger partial charge in [0.25, 0.3) is 0 Å². The molecular formula is C13H23NO. The fourth-order valence-electron chi connectivity index (χ4n) is 2.94. The first-order valence-corrected chi connectivity index (χ1v) is 6.20. The molecule has 2 saturated heterocycles. The summed E-state index contributed by atoms with van der Waals surface area (Å²) in [6, 6.07) is 0. The average molecular weight is 209 g/mol. The lowest BCUT2D eigenvalue weighted by Crippen LogP contribution is -2.41. The Labute approximate surface area is 93.0 Å². The number of aliphatic hydroxyl groups excluding tert-OH is 1. The number of hydrogen-bond acceptors (Lipinski definition) is 2. The van der Waals surface area contributed by atoms with Gasteiger partial charge in [-0.1, -0.05) is 25.5 Å². The molecule has 0 aromatic carbocycles. The highest BCUT2D eigenvalue weighted by Gasteiger charge is 2.45. The number of fused-ring (bicyclic) bond motifs is 1. The third-order valence-electron chi connectivity index (χ3n) is 3.86. The van der Waals surface area contributed by atoms with Crippen LogP contribution in [0.15, 0.2) is 11.6 Å². The molecule has 0 aliphatic carbocycles. The van der Waals surface area contributed by atoms with E-state index < -0.39 is 0 Å². The van der Waals surface area contributed by atoms with Crippen LogP contribution in [-0.2, 0) is 0 Å². The molecule has 0 aromatic rings. The smallest absolute Gasteiger partial charge is 0.0618 e. The maximum Gasteiger partial charge on any atom is 0.0618 e. The van der Waals surface area contributed by atoms with Crippen LogP contribution < -0.4 is 0 Å². The minimum Gasteiger partial charge on any atom is -0.394 e. The first kappa shape index (κ1) is 11.2. The molecular weight excluding hydrogens is 186 g/mol. The first-order valence-electron chi connectivity index (χ1n) is 6.20. The second-order valence-corrected chi connectivity index (χ2v) is 5.58. The van der Waals surface area contributed by atoms with Gasteiger partial charge in [0.1, 0.15) is 0 Å². The number of aliphatic hydroxyl groups is 1. The van der Waals surface area contributed by atoms with E-state index in [4.69, 9.17) is 0 Å². The van der Waals surface area contributed by atoms with E-state index in [2.05, 4.69) is 24.8 Å². The molecule has 0 amide bonds. The fraction of sp³-hybridized carbons (Fsp3) is 0.846. The van der Waals surface area contributed by atoms with E-state index in [-0.39, 0.29) is 5.54 Å². The zero-order chi connectivity index (χ0) is 10.9. The number of allylic oxidation sites excluding steroid dienone is 1. The Balaban J connectivity index is 2.02. The average Bonchev–Trinajstić information content (AvgIpc) is 2.70. The summed E-state index contributed by atoms with van der Waals surface area (Å²) in [5.41, 5.74) is 1.68. The summed E-state index contributed by atoms with van der Waals surface area (Å²) in [4.78, 5) is 2.49. The number of nitrogens with zero attached hydrogens (tertiary/aromatic N) is 1. The van der Waals surface area contributed by atoms with Crippen LogP contribution in [0.3, 0.4) is 0 Å². The standard InChI is InChI=1S/C13H23NO/c1-11(2)4-5-12-8-13(10-15)6-3-7-14(13)9-12/h5,11,15H,3-4,6-10H2,1-2H3. The van der Waals surface area contributed by atoms with Crippen molar-refractivity contribution in [3.8, 4) is 0 Å². The quantitative estimate of drug-likeness (QED) is 0.720. The minimum atomic E-state index is 0.128. The van der Waals surface area contributed by atoms with E-state index in [9.17, 15) is 5.11 Å². The Bertz CT molecular complexity index is 259. The summed E-state index contributed by atoms with van der Waals surface area (Å²) in [6.45, 7) is 7.14. The maximum atomic E-state index is 9.55. The molecule has 0 aromatic heterocycles.